The lowest BCUT2D eigenvalue weighted by Crippen LogP contribution is -2.55. The van der Waals surface area contributed by atoms with Crippen LogP contribution < -0.4 is 5.73 Å². The van der Waals surface area contributed by atoms with Crippen LogP contribution in [0.25, 0.3) is 0 Å². The normalized spacial score (nSPS) is 39.2. The third-order valence-electron chi connectivity index (χ3n) is 5.30. The summed E-state index contributed by atoms with van der Waals surface area (Å²) in [5.41, 5.74) is 6.38. The highest BCUT2D eigenvalue weighted by molar-refractivity contribution is 5.03. The first-order chi connectivity index (χ1) is 9.23. The second-order valence-electron chi connectivity index (χ2n) is 6.45. The Kier molecular flexibility index (Phi) is 4.10. The summed E-state index contributed by atoms with van der Waals surface area (Å²) < 4.78 is 5.46. The second kappa shape index (κ2) is 5.66. The number of ether oxygens (including phenoxy) is 1. The predicted octanol–water partition coefficient (Wildman–Crippen LogP) is -0.574. The van der Waals surface area contributed by atoms with Gasteiger partial charge in [-0.25, -0.2) is 0 Å². The van der Waals surface area contributed by atoms with Crippen molar-refractivity contribution in [3.63, 3.8) is 0 Å². The van der Waals surface area contributed by atoms with Crippen LogP contribution in [0, 0.1) is 0 Å². The maximum atomic E-state index is 6.13. The fourth-order valence-corrected chi connectivity index (χ4v) is 4.03. The topological polar surface area (TPSA) is 45.0 Å². The number of nitrogens with zero attached hydrogens (tertiary/aromatic N) is 3. The van der Waals surface area contributed by atoms with Crippen molar-refractivity contribution in [2.75, 3.05) is 66.1 Å². The highest BCUT2D eigenvalue weighted by Gasteiger charge is 2.44. The zero-order chi connectivity index (χ0) is 13.3. The third kappa shape index (κ3) is 2.67. The Labute approximate surface area is 116 Å². The Morgan fingerprint density at radius 3 is 2.63 bits per heavy atom. The molecule has 2 N–H and O–H groups in total. The Bertz CT molecular complexity index is 308. The molecular weight excluding hydrogens is 240 g/mol. The first-order valence-electron chi connectivity index (χ1n) is 7.69. The Balaban J connectivity index is 1.61. The maximum absolute atomic E-state index is 6.13. The van der Waals surface area contributed by atoms with Crippen molar-refractivity contribution < 1.29 is 4.74 Å². The molecule has 3 heterocycles. The van der Waals surface area contributed by atoms with Crippen molar-refractivity contribution in [2.45, 2.75) is 24.4 Å². The van der Waals surface area contributed by atoms with Gasteiger partial charge in [0, 0.05) is 50.8 Å². The van der Waals surface area contributed by atoms with E-state index < -0.39 is 0 Å². The fourth-order valence-electron chi connectivity index (χ4n) is 4.03. The van der Waals surface area contributed by atoms with E-state index in [4.69, 9.17) is 10.5 Å². The highest BCUT2D eigenvalue weighted by Crippen LogP contribution is 2.31. The summed E-state index contributed by atoms with van der Waals surface area (Å²) in [7, 11) is 2.22. The molecule has 5 nitrogen and oxygen atoms in total. The third-order valence-corrected chi connectivity index (χ3v) is 5.30. The van der Waals surface area contributed by atoms with Gasteiger partial charge >= 0.3 is 0 Å². The lowest BCUT2D eigenvalue weighted by atomic mass is 9.96. The van der Waals surface area contributed by atoms with Crippen molar-refractivity contribution in [1.82, 2.24) is 14.7 Å². The summed E-state index contributed by atoms with van der Waals surface area (Å²) in [6.07, 6.45) is 2.53. The molecule has 110 valence electrons. The molecule has 3 rings (SSSR count). The molecule has 0 radical (unpaired) electrons. The van der Waals surface area contributed by atoms with Gasteiger partial charge in [0.05, 0.1) is 13.2 Å². The summed E-state index contributed by atoms with van der Waals surface area (Å²) in [5.74, 6) is 0. The summed E-state index contributed by atoms with van der Waals surface area (Å²) in [5, 5.41) is 0. The zero-order valence-corrected chi connectivity index (χ0v) is 12.2. The molecule has 0 aliphatic carbocycles. The zero-order valence-electron chi connectivity index (χ0n) is 12.2. The molecule has 0 aromatic carbocycles. The van der Waals surface area contributed by atoms with Gasteiger partial charge in [0.15, 0.2) is 0 Å². The number of likely N-dealkylation sites (tertiary alicyclic amines) is 2. The van der Waals surface area contributed by atoms with E-state index in [2.05, 4.69) is 21.7 Å². The van der Waals surface area contributed by atoms with Gasteiger partial charge in [-0.15, -0.1) is 0 Å². The van der Waals surface area contributed by atoms with Gasteiger partial charge in [0.25, 0.3) is 0 Å². The van der Waals surface area contributed by atoms with Crippen LogP contribution in [-0.2, 0) is 4.74 Å². The van der Waals surface area contributed by atoms with Gasteiger partial charge in [-0.1, -0.05) is 0 Å². The summed E-state index contributed by atoms with van der Waals surface area (Å²) in [6, 6.07) is 0.721. The van der Waals surface area contributed by atoms with Crippen LogP contribution in [-0.4, -0.2) is 92.4 Å². The van der Waals surface area contributed by atoms with E-state index in [0.29, 0.717) is 0 Å². The molecule has 3 aliphatic heterocycles. The molecule has 0 saturated carbocycles. The molecule has 2 unspecified atom stereocenters. The Hall–Kier alpha value is -0.200. The van der Waals surface area contributed by atoms with Gasteiger partial charge in [-0.3, -0.25) is 9.80 Å². The molecule has 0 spiro atoms. The maximum Gasteiger partial charge on any atom is 0.0594 e. The monoisotopic (exact) mass is 268 g/mol. The molecule has 19 heavy (non-hydrogen) atoms. The molecule has 0 aromatic rings. The van der Waals surface area contributed by atoms with E-state index in [1.54, 1.807) is 0 Å². The van der Waals surface area contributed by atoms with E-state index in [-0.39, 0.29) is 5.54 Å². The minimum absolute atomic E-state index is 0.246. The second-order valence-corrected chi connectivity index (χ2v) is 6.45. The number of nitrogens with two attached hydrogens (primary N) is 1. The van der Waals surface area contributed by atoms with Gasteiger partial charge in [-0.05, 0) is 26.4 Å². The first-order valence-corrected chi connectivity index (χ1v) is 7.69. The average Bonchev–Trinajstić information content (AvgIpc) is 3.07. The van der Waals surface area contributed by atoms with Crippen LogP contribution in [0.5, 0.6) is 0 Å². The van der Waals surface area contributed by atoms with Crippen molar-refractivity contribution in [3.05, 3.63) is 0 Å². The van der Waals surface area contributed by atoms with Crippen LogP contribution in [0.4, 0.5) is 0 Å². The van der Waals surface area contributed by atoms with E-state index >= 15 is 0 Å². The van der Waals surface area contributed by atoms with E-state index in [0.717, 1.165) is 45.4 Å². The standard InChI is InChI=1S/C14H28N4O/c1-16-5-3-14(11-15,12-16)18-4-2-13(10-18)17-6-8-19-9-7-17/h13H,2-12,15H2,1H3. The SMILES string of the molecule is CN1CCC(CN)(N2CCC(N3CCOCC3)C2)C1. The van der Waals surface area contributed by atoms with E-state index in [1.165, 1.54) is 32.5 Å². The van der Waals surface area contributed by atoms with Crippen molar-refractivity contribution in [3.8, 4) is 0 Å². The minimum atomic E-state index is 0.246. The van der Waals surface area contributed by atoms with Gasteiger partial charge < -0.3 is 15.4 Å². The van der Waals surface area contributed by atoms with Crippen molar-refractivity contribution in [1.29, 1.82) is 0 Å². The van der Waals surface area contributed by atoms with Crippen LogP contribution in [0.2, 0.25) is 0 Å². The van der Waals surface area contributed by atoms with Crippen LogP contribution in [0.3, 0.4) is 0 Å². The van der Waals surface area contributed by atoms with E-state index in [9.17, 15) is 0 Å². The largest absolute Gasteiger partial charge is 0.379 e. The van der Waals surface area contributed by atoms with Crippen LogP contribution >= 0.6 is 0 Å². The number of morpholine rings is 1. The van der Waals surface area contributed by atoms with E-state index in [1.807, 2.05) is 0 Å². The number of hydrogen-bond acceptors (Lipinski definition) is 5. The molecular formula is C14H28N4O. The molecule has 3 saturated heterocycles. The van der Waals surface area contributed by atoms with Crippen molar-refractivity contribution >= 4 is 0 Å². The lowest BCUT2D eigenvalue weighted by Gasteiger charge is -2.39. The highest BCUT2D eigenvalue weighted by atomic mass is 16.5. The Morgan fingerprint density at radius 2 is 2.00 bits per heavy atom. The molecule has 0 bridgehead atoms. The van der Waals surface area contributed by atoms with Crippen LogP contribution in [0.15, 0.2) is 0 Å². The molecule has 3 aliphatic rings. The molecule has 2 atom stereocenters. The summed E-state index contributed by atoms with van der Waals surface area (Å²) >= 11 is 0. The summed E-state index contributed by atoms with van der Waals surface area (Å²) in [4.78, 5) is 7.72. The minimum Gasteiger partial charge on any atom is -0.379 e. The quantitative estimate of drug-likeness (QED) is 0.742. The summed E-state index contributed by atoms with van der Waals surface area (Å²) in [6.45, 7) is 9.56. The molecule has 0 aromatic heterocycles. The number of likely N-dealkylation sites (N-methyl/N-ethyl adjacent to an activating group) is 1. The van der Waals surface area contributed by atoms with Crippen LogP contribution in [0.1, 0.15) is 12.8 Å². The molecule has 3 fully saturated rings. The fraction of sp³-hybridized carbons (Fsp3) is 1.00. The number of rotatable bonds is 3. The van der Waals surface area contributed by atoms with Gasteiger partial charge in [-0.2, -0.15) is 0 Å². The van der Waals surface area contributed by atoms with Gasteiger partial charge in [0.2, 0.25) is 0 Å². The molecule has 5 heteroatoms. The van der Waals surface area contributed by atoms with Crippen molar-refractivity contribution in [2.24, 2.45) is 5.73 Å². The Morgan fingerprint density at radius 1 is 1.21 bits per heavy atom. The van der Waals surface area contributed by atoms with Gasteiger partial charge in [0.1, 0.15) is 0 Å². The predicted molar refractivity (Wildman–Crippen MR) is 76.3 cm³/mol. The smallest absolute Gasteiger partial charge is 0.0594 e. The average molecular weight is 268 g/mol. The first kappa shape index (κ1) is 13.8. The number of hydrogen-bond donors (Lipinski definition) is 1. The molecule has 0 amide bonds. The lowest BCUT2D eigenvalue weighted by molar-refractivity contribution is 0.0152.